The van der Waals surface area contributed by atoms with Gasteiger partial charge in [-0.05, 0) is 19.1 Å². The summed E-state index contributed by atoms with van der Waals surface area (Å²) in [7, 11) is 1.58. The lowest BCUT2D eigenvalue weighted by molar-refractivity contribution is -0.122. The number of carbonyl (C=O) groups is 1. The van der Waals surface area contributed by atoms with Crippen LogP contribution in [-0.2, 0) is 9.53 Å². The first-order chi connectivity index (χ1) is 9.54. The molecule has 0 spiro atoms. The van der Waals surface area contributed by atoms with E-state index < -0.39 is 12.0 Å². The van der Waals surface area contributed by atoms with Gasteiger partial charge in [0.05, 0.1) is 19.8 Å². The highest BCUT2D eigenvalue weighted by Gasteiger charge is 2.12. The van der Waals surface area contributed by atoms with Crippen molar-refractivity contribution >= 4 is 5.91 Å². The molecule has 0 saturated heterocycles. The second-order valence-corrected chi connectivity index (χ2v) is 4.48. The first kappa shape index (κ1) is 16.4. The molecule has 1 rings (SSSR count). The summed E-state index contributed by atoms with van der Waals surface area (Å²) in [5.41, 5.74) is 6.75. The minimum atomic E-state index is -0.666. The number of hydrogen-bond acceptors (Lipinski definition) is 5. The summed E-state index contributed by atoms with van der Waals surface area (Å²) in [6, 6.07) is 5.67. The Hall–Kier alpha value is -1.63. The molecule has 20 heavy (non-hydrogen) atoms. The normalized spacial score (nSPS) is 12.2. The van der Waals surface area contributed by atoms with Gasteiger partial charge in [0, 0.05) is 18.7 Å². The van der Waals surface area contributed by atoms with Crippen LogP contribution in [0.2, 0.25) is 0 Å². The Labute approximate surface area is 118 Å². The monoisotopic (exact) mass is 282 g/mol. The van der Waals surface area contributed by atoms with Crippen LogP contribution in [0.4, 0.5) is 0 Å². The summed E-state index contributed by atoms with van der Waals surface area (Å²) in [5, 5.41) is 13.2. The molecule has 1 amide bonds. The van der Waals surface area contributed by atoms with Crippen LogP contribution in [0, 0.1) is 6.92 Å². The SMILES string of the molecule is COc1ccc(C)cc1C(O)CNCCOCC(N)=O. The Morgan fingerprint density at radius 2 is 2.25 bits per heavy atom. The fourth-order valence-electron chi connectivity index (χ4n) is 1.78. The van der Waals surface area contributed by atoms with E-state index in [2.05, 4.69) is 5.32 Å². The third kappa shape index (κ3) is 5.56. The molecule has 6 heteroatoms. The second-order valence-electron chi connectivity index (χ2n) is 4.48. The molecule has 0 aliphatic carbocycles. The molecule has 0 heterocycles. The lowest BCUT2D eigenvalue weighted by atomic mass is 10.1. The molecule has 1 aromatic carbocycles. The van der Waals surface area contributed by atoms with Crippen molar-refractivity contribution in [2.75, 3.05) is 33.4 Å². The van der Waals surface area contributed by atoms with Gasteiger partial charge in [-0.1, -0.05) is 11.6 Å². The van der Waals surface area contributed by atoms with Gasteiger partial charge in [-0.25, -0.2) is 0 Å². The van der Waals surface area contributed by atoms with Crippen molar-refractivity contribution in [2.24, 2.45) is 5.73 Å². The number of amides is 1. The molecule has 0 saturated carbocycles. The topological polar surface area (TPSA) is 93.8 Å². The minimum absolute atomic E-state index is 0.0874. The standard InChI is InChI=1S/C14H22N2O4/c1-10-3-4-13(19-2)11(7-10)12(17)8-16-5-6-20-9-14(15)18/h3-4,7,12,16-17H,5-6,8-9H2,1-2H3,(H2,15,18). The number of aliphatic hydroxyl groups excluding tert-OH is 1. The predicted octanol–water partition coefficient (Wildman–Crippen LogP) is 0.129. The maximum atomic E-state index is 10.5. The highest BCUT2D eigenvalue weighted by atomic mass is 16.5. The van der Waals surface area contributed by atoms with Crippen molar-refractivity contribution in [1.29, 1.82) is 0 Å². The second kappa shape index (κ2) is 8.52. The number of benzene rings is 1. The summed E-state index contributed by atoms with van der Waals surface area (Å²) in [5.74, 6) is 0.171. The summed E-state index contributed by atoms with van der Waals surface area (Å²) in [6.07, 6.45) is -0.666. The van der Waals surface area contributed by atoms with Crippen LogP contribution >= 0.6 is 0 Å². The summed E-state index contributed by atoms with van der Waals surface area (Å²) < 4.78 is 10.2. The highest BCUT2D eigenvalue weighted by Crippen LogP contribution is 2.25. The van der Waals surface area contributed by atoms with Crippen molar-refractivity contribution in [3.05, 3.63) is 29.3 Å². The van der Waals surface area contributed by atoms with Crippen LogP contribution in [0.1, 0.15) is 17.2 Å². The average molecular weight is 282 g/mol. The number of aryl methyl sites for hydroxylation is 1. The fraction of sp³-hybridized carbons (Fsp3) is 0.500. The largest absolute Gasteiger partial charge is 0.496 e. The van der Waals surface area contributed by atoms with E-state index in [-0.39, 0.29) is 6.61 Å². The third-order valence-electron chi connectivity index (χ3n) is 2.75. The van der Waals surface area contributed by atoms with E-state index >= 15 is 0 Å². The van der Waals surface area contributed by atoms with Crippen LogP contribution in [0.15, 0.2) is 18.2 Å². The number of ether oxygens (including phenoxy) is 2. The molecule has 0 aromatic heterocycles. The van der Waals surface area contributed by atoms with E-state index in [0.717, 1.165) is 11.1 Å². The van der Waals surface area contributed by atoms with E-state index in [9.17, 15) is 9.90 Å². The number of aliphatic hydroxyl groups is 1. The van der Waals surface area contributed by atoms with Crippen LogP contribution in [-0.4, -0.2) is 44.4 Å². The van der Waals surface area contributed by atoms with Crippen molar-refractivity contribution in [2.45, 2.75) is 13.0 Å². The molecule has 6 nitrogen and oxygen atoms in total. The number of nitrogens with two attached hydrogens (primary N) is 1. The Morgan fingerprint density at radius 1 is 1.50 bits per heavy atom. The average Bonchev–Trinajstić information content (AvgIpc) is 2.42. The molecule has 0 aliphatic rings. The zero-order valence-electron chi connectivity index (χ0n) is 11.9. The van der Waals surface area contributed by atoms with Gasteiger partial charge in [-0.3, -0.25) is 4.79 Å². The number of carbonyl (C=O) groups excluding carboxylic acids is 1. The van der Waals surface area contributed by atoms with Crippen LogP contribution in [0.3, 0.4) is 0 Å². The minimum Gasteiger partial charge on any atom is -0.496 e. The van der Waals surface area contributed by atoms with Crippen molar-refractivity contribution in [1.82, 2.24) is 5.32 Å². The molecule has 112 valence electrons. The van der Waals surface area contributed by atoms with E-state index in [1.807, 2.05) is 25.1 Å². The van der Waals surface area contributed by atoms with Crippen LogP contribution in [0.25, 0.3) is 0 Å². The molecule has 1 unspecified atom stereocenters. The predicted molar refractivity (Wildman–Crippen MR) is 75.6 cm³/mol. The molecule has 0 bridgehead atoms. The van der Waals surface area contributed by atoms with Gasteiger partial charge in [0.2, 0.25) is 5.91 Å². The quantitative estimate of drug-likeness (QED) is 0.560. The lowest BCUT2D eigenvalue weighted by Crippen LogP contribution is -2.27. The zero-order valence-corrected chi connectivity index (χ0v) is 11.9. The Morgan fingerprint density at radius 3 is 2.90 bits per heavy atom. The number of rotatable bonds is 9. The maximum absolute atomic E-state index is 10.5. The molecular formula is C14H22N2O4. The van der Waals surface area contributed by atoms with Crippen molar-refractivity contribution < 1.29 is 19.4 Å². The van der Waals surface area contributed by atoms with Gasteiger partial charge in [-0.2, -0.15) is 0 Å². The summed E-state index contributed by atoms with van der Waals surface area (Å²) >= 11 is 0. The number of primary amides is 1. The Kier molecular flexibility index (Phi) is 7.00. The third-order valence-corrected chi connectivity index (χ3v) is 2.75. The Balaban J connectivity index is 2.37. The van der Waals surface area contributed by atoms with E-state index in [4.69, 9.17) is 15.2 Å². The first-order valence-electron chi connectivity index (χ1n) is 6.44. The number of hydrogen-bond donors (Lipinski definition) is 3. The van der Waals surface area contributed by atoms with Gasteiger partial charge >= 0.3 is 0 Å². The van der Waals surface area contributed by atoms with Gasteiger partial charge in [0.25, 0.3) is 0 Å². The van der Waals surface area contributed by atoms with E-state index in [0.29, 0.717) is 25.4 Å². The highest BCUT2D eigenvalue weighted by molar-refractivity contribution is 5.74. The van der Waals surface area contributed by atoms with E-state index in [1.165, 1.54) is 0 Å². The molecular weight excluding hydrogens is 260 g/mol. The van der Waals surface area contributed by atoms with Gasteiger partial charge in [0.15, 0.2) is 0 Å². The summed E-state index contributed by atoms with van der Waals surface area (Å²) in [6.45, 7) is 3.13. The van der Waals surface area contributed by atoms with Crippen molar-refractivity contribution in [3.8, 4) is 5.75 Å². The lowest BCUT2D eigenvalue weighted by Gasteiger charge is -2.16. The van der Waals surface area contributed by atoms with Crippen LogP contribution < -0.4 is 15.8 Å². The number of nitrogens with one attached hydrogen (secondary N) is 1. The zero-order chi connectivity index (χ0) is 15.0. The van der Waals surface area contributed by atoms with Gasteiger partial charge < -0.3 is 25.6 Å². The maximum Gasteiger partial charge on any atom is 0.243 e. The fourth-order valence-corrected chi connectivity index (χ4v) is 1.78. The molecule has 0 radical (unpaired) electrons. The van der Waals surface area contributed by atoms with Gasteiger partial charge in [-0.15, -0.1) is 0 Å². The molecule has 0 fully saturated rings. The summed E-state index contributed by atoms with van der Waals surface area (Å²) in [4.78, 5) is 10.5. The molecule has 1 atom stereocenters. The first-order valence-corrected chi connectivity index (χ1v) is 6.44. The smallest absolute Gasteiger partial charge is 0.243 e. The molecule has 1 aromatic rings. The Bertz CT molecular complexity index is 437. The van der Waals surface area contributed by atoms with Crippen LogP contribution in [0.5, 0.6) is 5.75 Å². The van der Waals surface area contributed by atoms with E-state index in [1.54, 1.807) is 7.11 Å². The molecule has 0 aliphatic heterocycles. The van der Waals surface area contributed by atoms with Gasteiger partial charge in [0.1, 0.15) is 12.4 Å². The molecule has 4 N–H and O–H groups in total. The van der Waals surface area contributed by atoms with Crippen molar-refractivity contribution in [3.63, 3.8) is 0 Å². The number of methoxy groups -OCH3 is 1.